The van der Waals surface area contributed by atoms with E-state index in [0.29, 0.717) is 25.6 Å². The van der Waals surface area contributed by atoms with Gasteiger partial charge in [0.15, 0.2) is 5.96 Å². The fourth-order valence-corrected chi connectivity index (χ4v) is 2.84. The lowest BCUT2D eigenvalue weighted by Gasteiger charge is -2.35. The fraction of sp³-hybridized carbons (Fsp3) is 0.643. The summed E-state index contributed by atoms with van der Waals surface area (Å²) in [5.41, 5.74) is 0.779. The van der Waals surface area contributed by atoms with Crippen LogP contribution in [-0.4, -0.2) is 79.7 Å². The number of halogens is 1. The molecule has 1 aliphatic rings. The van der Waals surface area contributed by atoms with Crippen LogP contribution in [-0.2, 0) is 21.7 Å². The van der Waals surface area contributed by atoms with E-state index in [1.165, 1.54) is 6.26 Å². The highest BCUT2D eigenvalue weighted by Crippen LogP contribution is 2.16. The van der Waals surface area contributed by atoms with Crippen molar-refractivity contribution in [3.05, 3.63) is 12.4 Å². The van der Waals surface area contributed by atoms with Crippen LogP contribution in [0.3, 0.4) is 0 Å². The van der Waals surface area contributed by atoms with E-state index in [0.717, 1.165) is 5.69 Å². The molecule has 2 heterocycles. The first-order valence-corrected chi connectivity index (χ1v) is 9.86. The van der Waals surface area contributed by atoms with Gasteiger partial charge in [-0.2, -0.15) is 5.10 Å². The van der Waals surface area contributed by atoms with Gasteiger partial charge in [-0.1, -0.05) is 0 Å². The molecule has 1 aromatic heterocycles. The highest BCUT2D eigenvalue weighted by molar-refractivity contribution is 14.0. The first-order chi connectivity index (χ1) is 11.3. The maximum absolute atomic E-state index is 12.4. The van der Waals surface area contributed by atoms with Crippen molar-refractivity contribution in [1.82, 2.24) is 20.0 Å². The summed E-state index contributed by atoms with van der Waals surface area (Å²) in [7, 11) is -1.25. The number of carbonyl (C=O) groups excluding carboxylic acids is 1. The van der Waals surface area contributed by atoms with Crippen LogP contribution in [0.15, 0.2) is 17.4 Å². The molecule has 0 radical (unpaired) electrons. The molecule has 2 rings (SSSR count). The SMILES string of the molecule is CCNC(=NCCS(C)(=O)=O)N1CCN(c2cnn(C)c2)C(=O)C1.I. The van der Waals surface area contributed by atoms with Crippen molar-refractivity contribution in [3.8, 4) is 0 Å². The topological polar surface area (TPSA) is 99.9 Å². The third kappa shape index (κ3) is 6.45. The fourth-order valence-electron chi connectivity index (χ4n) is 2.42. The average Bonchev–Trinajstić information content (AvgIpc) is 2.91. The normalized spacial score (nSPS) is 16.0. The molecule has 0 atom stereocenters. The van der Waals surface area contributed by atoms with E-state index in [-0.39, 0.29) is 48.7 Å². The van der Waals surface area contributed by atoms with Crippen LogP contribution in [0.25, 0.3) is 0 Å². The van der Waals surface area contributed by atoms with Gasteiger partial charge < -0.3 is 15.1 Å². The smallest absolute Gasteiger partial charge is 0.246 e. The minimum Gasteiger partial charge on any atom is -0.357 e. The van der Waals surface area contributed by atoms with Gasteiger partial charge in [-0.3, -0.25) is 14.5 Å². The van der Waals surface area contributed by atoms with E-state index in [9.17, 15) is 13.2 Å². The van der Waals surface area contributed by atoms with Crippen molar-refractivity contribution < 1.29 is 13.2 Å². The molecular formula is C14H25IN6O3S. The molecule has 25 heavy (non-hydrogen) atoms. The molecule has 9 nitrogen and oxygen atoms in total. The Labute approximate surface area is 165 Å². The molecule has 0 unspecified atom stereocenters. The van der Waals surface area contributed by atoms with E-state index in [2.05, 4.69) is 15.4 Å². The van der Waals surface area contributed by atoms with Gasteiger partial charge in [-0.15, -0.1) is 24.0 Å². The number of amides is 1. The van der Waals surface area contributed by atoms with Crippen LogP contribution in [0.5, 0.6) is 0 Å². The maximum Gasteiger partial charge on any atom is 0.246 e. The number of rotatable bonds is 5. The van der Waals surface area contributed by atoms with E-state index in [1.54, 1.807) is 22.0 Å². The molecule has 1 aromatic rings. The number of nitrogens with one attached hydrogen (secondary N) is 1. The van der Waals surface area contributed by atoms with E-state index in [1.807, 2.05) is 18.9 Å². The summed E-state index contributed by atoms with van der Waals surface area (Å²) in [6, 6.07) is 0. The zero-order valence-electron chi connectivity index (χ0n) is 14.7. The van der Waals surface area contributed by atoms with Crippen LogP contribution in [0.1, 0.15) is 6.92 Å². The lowest BCUT2D eigenvalue weighted by Crippen LogP contribution is -2.55. The molecule has 1 aliphatic heterocycles. The number of anilines is 1. The molecule has 142 valence electrons. The zero-order valence-corrected chi connectivity index (χ0v) is 17.8. The van der Waals surface area contributed by atoms with E-state index >= 15 is 0 Å². The summed E-state index contributed by atoms with van der Waals surface area (Å²) in [6.45, 7) is 4.10. The van der Waals surface area contributed by atoms with Gasteiger partial charge in [0.05, 0.1) is 24.2 Å². The monoisotopic (exact) mass is 484 g/mol. The Morgan fingerprint density at radius 1 is 1.40 bits per heavy atom. The number of piperazine rings is 1. The van der Waals surface area contributed by atoms with Crippen LogP contribution >= 0.6 is 24.0 Å². The average molecular weight is 484 g/mol. The highest BCUT2D eigenvalue weighted by Gasteiger charge is 2.27. The number of hydrogen-bond donors (Lipinski definition) is 1. The molecule has 1 fully saturated rings. The molecule has 1 amide bonds. The number of carbonyl (C=O) groups is 1. The van der Waals surface area contributed by atoms with Crippen molar-refractivity contribution in [1.29, 1.82) is 0 Å². The Morgan fingerprint density at radius 3 is 2.64 bits per heavy atom. The Morgan fingerprint density at radius 2 is 2.12 bits per heavy atom. The third-order valence-electron chi connectivity index (χ3n) is 3.58. The van der Waals surface area contributed by atoms with Gasteiger partial charge in [0, 0.05) is 39.1 Å². The molecule has 1 N–H and O–H groups in total. The predicted molar refractivity (Wildman–Crippen MR) is 108 cm³/mol. The second-order valence-electron chi connectivity index (χ2n) is 5.70. The minimum absolute atomic E-state index is 0. The standard InChI is InChI=1S/C14H24N6O3S.HI/c1-4-15-14(16-5-8-24(3,22)23)19-6-7-20(13(21)11-19)12-9-17-18(2)10-12;/h9-10H,4-8,11H2,1-3H3,(H,15,16);1H. The van der Waals surface area contributed by atoms with Crippen LogP contribution in [0, 0.1) is 0 Å². The van der Waals surface area contributed by atoms with E-state index < -0.39 is 9.84 Å². The lowest BCUT2D eigenvalue weighted by atomic mass is 10.3. The highest BCUT2D eigenvalue weighted by atomic mass is 127. The summed E-state index contributed by atoms with van der Waals surface area (Å²) < 4.78 is 24.1. The number of nitrogens with zero attached hydrogens (tertiary/aromatic N) is 5. The van der Waals surface area contributed by atoms with Crippen molar-refractivity contribution >= 4 is 51.4 Å². The Bertz CT molecular complexity index is 718. The van der Waals surface area contributed by atoms with Gasteiger partial charge in [0.1, 0.15) is 16.4 Å². The molecule has 0 bridgehead atoms. The first kappa shape index (κ1) is 21.7. The summed E-state index contributed by atoms with van der Waals surface area (Å²) in [6.07, 6.45) is 4.66. The van der Waals surface area contributed by atoms with Crippen LogP contribution in [0.2, 0.25) is 0 Å². The third-order valence-corrected chi connectivity index (χ3v) is 4.51. The maximum atomic E-state index is 12.4. The lowest BCUT2D eigenvalue weighted by molar-refractivity contribution is -0.120. The molecule has 0 saturated carbocycles. The van der Waals surface area contributed by atoms with Crippen molar-refractivity contribution in [2.45, 2.75) is 6.92 Å². The molecular weight excluding hydrogens is 459 g/mol. The quantitative estimate of drug-likeness (QED) is 0.350. The summed E-state index contributed by atoms with van der Waals surface area (Å²) >= 11 is 0. The van der Waals surface area contributed by atoms with Gasteiger partial charge >= 0.3 is 0 Å². The van der Waals surface area contributed by atoms with Crippen LogP contribution < -0.4 is 10.2 Å². The summed E-state index contributed by atoms with van der Waals surface area (Å²) in [5, 5.41) is 7.20. The number of guanidine groups is 1. The Balaban J connectivity index is 0.00000312. The van der Waals surface area contributed by atoms with Gasteiger partial charge in [-0.05, 0) is 6.92 Å². The second-order valence-corrected chi connectivity index (χ2v) is 7.96. The van der Waals surface area contributed by atoms with Gasteiger partial charge in [0.2, 0.25) is 5.91 Å². The van der Waals surface area contributed by atoms with Crippen molar-refractivity contribution in [2.75, 3.05) is 49.6 Å². The van der Waals surface area contributed by atoms with E-state index in [4.69, 9.17) is 0 Å². The number of aryl methyl sites for hydroxylation is 1. The molecule has 0 spiro atoms. The molecule has 0 aliphatic carbocycles. The predicted octanol–water partition coefficient (Wildman–Crippen LogP) is -0.303. The molecule has 0 aromatic carbocycles. The van der Waals surface area contributed by atoms with Crippen LogP contribution in [0.4, 0.5) is 5.69 Å². The number of aromatic nitrogens is 2. The van der Waals surface area contributed by atoms with Gasteiger partial charge in [-0.25, -0.2) is 8.42 Å². The number of aliphatic imine (C=N–C) groups is 1. The molecule has 11 heteroatoms. The largest absolute Gasteiger partial charge is 0.357 e. The number of sulfone groups is 1. The summed E-state index contributed by atoms with van der Waals surface area (Å²) in [4.78, 5) is 20.3. The molecule has 1 saturated heterocycles. The minimum atomic E-state index is -3.06. The number of hydrogen-bond acceptors (Lipinski definition) is 5. The Hall–Kier alpha value is -1.37. The van der Waals surface area contributed by atoms with Gasteiger partial charge in [0.25, 0.3) is 0 Å². The zero-order chi connectivity index (χ0) is 17.7. The summed E-state index contributed by atoms with van der Waals surface area (Å²) in [5.74, 6) is 0.522. The second kappa shape index (κ2) is 9.36. The van der Waals surface area contributed by atoms with Crippen molar-refractivity contribution in [3.63, 3.8) is 0 Å². The van der Waals surface area contributed by atoms with Crippen molar-refractivity contribution in [2.24, 2.45) is 12.0 Å². The Kier molecular flexibility index (Phi) is 8.12. The first-order valence-electron chi connectivity index (χ1n) is 7.80.